The van der Waals surface area contributed by atoms with E-state index in [1.54, 1.807) is 12.1 Å². The largest absolute Gasteiger partial charge is 0.491 e. The van der Waals surface area contributed by atoms with E-state index in [1.807, 2.05) is 13.0 Å². The number of benzene rings is 2. The van der Waals surface area contributed by atoms with Gasteiger partial charge in [-0.05, 0) is 54.2 Å². The van der Waals surface area contributed by atoms with Gasteiger partial charge in [-0.1, -0.05) is 49.7 Å². The first kappa shape index (κ1) is 24.1. The lowest BCUT2D eigenvalue weighted by molar-refractivity contribution is 0.0524. The normalized spacial score (nSPS) is 19.1. The van der Waals surface area contributed by atoms with Crippen LogP contribution in [0.2, 0.25) is 5.02 Å². The lowest BCUT2D eigenvalue weighted by Crippen LogP contribution is -2.42. The van der Waals surface area contributed by atoms with Gasteiger partial charge in [-0.2, -0.15) is 0 Å². The van der Waals surface area contributed by atoms with Crippen LogP contribution in [-0.2, 0) is 16.4 Å². The van der Waals surface area contributed by atoms with Gasteiger partial charge < -0.3 is 9.84 Å². The number of nitrogens with zero attached hydrogens (tertiary/aromatic N) is 1. The lowest BCUT2D eigenvalue weighted by atomic mass is 10.0. The van der Waals surface area contributed by atoms with E-state index in [1.165, 1.54) is 5.56 Å². The van der Waals surface area contributed by atoms with E-state index in [0.29, 0.717) is 36.2 Å². The Morgan fingerprint density at radius 2 is 1.90 bits per heavy atom. The Hall–Kier alpha value is -1.60. The van der Waals surface area contributed by atoms with E-state index in [4.69, 9.17) is 16.3 Å². The minimum absolute atomic E-state index is 0.0952. The molecule has 1 aliphatic heterocycles. The molecule has 1 fully saturated rings. The van der Waals surface area contributed by atoms with Gasteiger partial charge in [-0.3, -0.25) is 4.90 Å². The summed E-state index contributed by atoms with van der Waals surface area (Å²) >= 11 is 6.05. The van der Waals surface area contributed by atoms with E-state index in [-0.39, 0.29) is 24.2 Å². The fraction of sp³-hybridized carbons (Fsp3) is 0.500. The Morgan fingerprint density at radius 1 is 1.19 bits per heavy atom. The molecule has 31 heavy (non-hydrogen) atoms. The maximum Gasteiger partial charge on any atom is 0.151 e. The molecule has 0 aromatic heterocycles. The van der Waals surface area contributed by atoms with Crippen molar-refractivity contribution in [2.75, 3.05) is 24.7 Å². The standard InChI is InChI=1S/C24H32ClNO4S/c1-17(2)20-6-4-19(5-7-20)13-26(21-10-11-31(28,29)16-21)14-22(27)15-30-23-8-9-24(25)18(3)12-23/h4-9,12,17,21-22,27H,10-11,13-16H2,1-3H3. The van der Waals surface area contributed by atoms with Gasteiger partial charge in [0.2, 0.25) is 0 Å². The summed E-state index contributed by atoms with van der Waals surface area (Å²) in [6.07, 6.45) is -0.148. The van der Waals surface area contributed by atoms with E-state index in [9.17, 15) is 13.5 Å². The highest BCUT2D eigenvalue weighted by Crippen LogP contribution is 2.23. The fourth-order valence-corrected chi connectivity index (χ4v) is 5.75. The lowest BCUT2D eigenvalue weighted by Gasteiger charge is -2.30. The highest BCUT2D eigenvalue weighted by atomic mass is 35.5. The first-order valence-electron chi connectivity index (χ1n) is 10.7. The quantitative estimate of drug-likeness (QED) is 0.601. The molecule has 7 heteroatoms. The average molecular weight is 466 g/mol. The third-order valence-corrected chi connectivity index (χ3v) is 7.95. The third-order valence-electron chi connectivity index (χ3n) is 5.77. The summed E-state index contributed by atoms with van der Waals surface area (Å²) < 4.78 is 29.8. The second-order valence-corrected chi connectivity index (χ2v) is 11.4. The van der Waals surface area contributed by atoms with Gasteiger partial charge in [-0.15, -0.1) is 0 Å². The average Bonchev–Trinajstić information content (AvgIpc) is 3.08. The molecule has 2 unspecified atom stereocenters. The van der Waals surface area contributed by atoms with Crippen LogP contribution >= 0.6 is 11.6 Å². The summed E-state index contributed by atoms with van der Waals surface area (Å²) in [6.45, 7) is 7.28. The van der Waals surface area contributed by atoms with Crippen LogP contribution in [0.1, 0.15) is 42.9 Å². The Bertz CT molecular complexity index is 976. The van der Waals surface area contributed by atoms with Crippen molar-refractivity contribution in [2.24, 2.45) is 0 Å². The summed E-state index contributed by atoms with van der Waals surface area (Å²) in [7, 11) is -3.02. The fourth-order valence-electron chi connectivity index (χ4n) is 3.87. The first-order chi connectivity index (χ1) is 14.6. The molecule has 0 aliphatic carbocycles. The summed E-state index contributed by atoms with van der Waals surface area (Å²) in [5.41, 5.74) is 3.29. The highest BCUT2D eigenvalue weighted by molar-refractivity contribution is 7.91. The van der Waals surface area contributed by atoms with Crippen molar-refractivity contribution in [2.45, 2.75) is 51.8 Å². The number of aryl methyl sites for hydroxylation is 1. The smallest absolute Gasteiger partial charge is 0.151 e. The summed E-state index contributed by atoms with van der Waals surface area (Å²) in [6, 6.07) is 13.7. The van der Waals surface area contributed by atoms with Crippen LogP contribution < -0.4 is 4.74 Å². The molecule has 1 heterocycles. The van der Waals surface area contributed by atoms with Crippen LogP contribution in [0, 0.1) is 6.92 Å². The third kappa shape index (κ3) is 6.94. The molecule has 3 rings (SSSR count). The predicted octanol–water partition coefficient (Wildman–Crippen LogP) is 4.20. The van der Waals surface area contributed by atoms with Gasteiger partial charge in [0.15, 0.2) is 9.84 Å². The molecule has 0 radical (unpaired) electrons. The molecule has 2 atom stereocenters. The van der Waals surface area contributed by atoms with Crippen LogP contribution in [0.3, 0.4) is 0 Å². The van der Waals surface area contributed by atoms with Crippen LogP contribution in [0.25, 0.3) is 0 Å². The molecule has 2 aromatic carbocycles. The van der Waals surface area contributed by atoms with Crippen molar-refractivity contribution in [3.8, 4) is 5.75 Å². The first-order valence-corrected chi connectivity index (χ1v) is 12.9. The number of hydrogen-bond acceptors (Lipinski definition) is 5. The second-order valence-electron chi connectivity index (χ2n) is 8.76. The molecule has 1 N–H and O–H groups in total. The number of hydrogen-bond donors (Lipinski definition) is 1. The van der Waals surface area contributed by atoms with Crippen LogP contribution in [0.4, 0.5) is 0 Å². The molecular formula is C24H32ClNO4S. The molecule has 0 spiro atoms. The van der Waals surface area contributed by atoms with Crippen molar-refractivity contribution in [1.29, 1.82) is 0 Å². The van der Waals surface area contributed by atoms with Crippen LogP contribution in [-0.4, -0.2) is 55.2 Å². The van der Waals surface area contributed by atoms with Crippen molar-refractivity contribution in [3.63, 3.8) is 0 Å². The van der Waals surface area contributed by atoms with Gasteiger partial charge in [0.1, 0.15) is 18.5 Å². The van der Waals surface area contributed by atoms with E-state index in [2.05, 4.69) is 43.0 Å². The molecule has 1 saturated heterocycles. The van der Waals surface area contributed by atoms with Gasteiger partial charge in [0.05, 0.1) is 11.5 Å². The molecule has 0 bridgehead atoms. The van der Waals surface area contributed by atoms with Crippen LogP contribution in [0.5, 0.6) is 5.75 Å². The maximum atomic E-state index is 12.0. The number of ether oxygens (including phenoxy) is 1. The summed E-state index contributed by atoms with van der Waals surface area (Å²) in [5.74, 6) is 1.46. The predicted molar refractivity (Wildman–Crippen MR) is 126 cm³/mol. The summed E-state index contributed by atoms with van der Waals surface area (Å²) in [5, 5.41) is 11.3. The monoisotopic (exact) mass is 465 g/mol. The molecule has 1 aliphatic rings. The minimum Gasteiger partial charge on any atom is -0.491 e. The van der Waals surface area contributed by atoms with E-state index in [0.717, 1.165) is 11.1 Å². The SMILES string of the molecule is Cc1cc(OCC(O)CN(Cc2ccc(C(C)C)cc2)C2CCS(=O)(=O)C2)ccc1Cl. The zero-order valence-corrected chi connectivity index (χ0v) is 20.0. The topological polar surface area (TPSA) is 66.8 Å². The molecule has 0 saturated carbocycles. The van der Waals surface area contributed by atoms with Gasteiger partial charge in [0.25, 0.3) is 0 Å². The van der Waals surface area contributed by atoms with Crippen molar-refractivity contribution in [1.82, 2.24) is 4.90 Å². The molecule has 0 amide bonds. The number of rotatable bonds is 9. The van der Waals surface area contributed by atoms with Crippen LogP contribution in [0.15, 0.2) is 42.5 Å². The molecular weight excluding hydrogens is 434 g/mol. The van der Waals surface area contributed by atoms with Crippen molar-refractivity contribution < 1.29 is 18.3 Å². The molecule has 170 valence electrons. The Kier molecular flexibility index (Phi) is 8.03. The maximum absolute atomic E-state index is 12.0. The number of sulfone groups is 1. The Morgan fingerprint density at radius 3 is 2.48 bits per heavy atom. The zero-order valence-electron chi connectivity index (χ0n) is 18.4. The van der Waals surface area contributed by atoms with Gasteiger partial charge >= 0.3 is 0 Å². The van der Waals surface area contributed by atoms with Gasteiger partial charge in [-0.25, -0.2) is 8.42 Å². The van der Waals surface area contributed by atoms with Crippen molar-refractivity contribution in [3.05, 3.63) is 64.2 Å². The molecule has 2 aromatic rings. The number of aliphatic hydroxyl groups is 1. The van der Waals surface area contributed by atoms with E-state index >= 15 is 0 Å². The summed E-state index contributed by atoms with van der Waals surface area (Å²) in [4.78, 5) is 2.08. The van der Waals surface area contributed by atoms with Gasteiger partial charge in [0, 0.05) is 24.2 Å². The van der Waals surface area contributed by atoms with Crippen molar-refractivity contribution >= 4 is 21.4 Å². The number of aliphatic hydroxyl groups excluding tert-OH is 1. The molecule has 5 nitrogen and oxygen atoms in total. The number of halogens is 1. The Labute approximate surface area is 190 Å². The Balaban J connectivity index is 1.66. The zero-order chi connectivity index (χ0) is 22.6. The highest BCUT2D eigenvalue weighted by Gasteiger charge is 2.33. The van der Waals surface area contributed by atoms with E-state index < -0.39 is 15.9 Å². The second kappa shape index (κ2) is 10.3. The minimum atomic E-state index is -3.02.